The molecule has 5 rings (SSSR count). The fourth-order valence-electron chi connectivity index (χ4n) is 3.92. The van der Waals surface area contributed by atoms with Crippen LogP contribution in [0.25, 0.3) is 28.1 Å². The largest absolute Gasteiger partial charge is 0.489 e. The highest BCUT2D eigenvalue weighted by Crippen LogP contribution is 2.26. The lowest BCUT2D eigenvalue weighted by Gasteiger charge is -2.26. The molecule has 0 atom stereocenters. The van der Waals surface area contributed by atoms with Gasteiger partial charge in [-0.3, -0.25) is 0 Å². The summed E-state index contributed by atoms with van der Waals surface area (Å²) in [5.41, 5.74) is 5.92. The van der Waals surface area contributed by atoms with E-state index in [1.54, 1.807) is 6.82 Å². The van der Waals surface area contributed by atoms with Gasteiger partial charge in [0.25, 0.3) is 0 Å². The van der Waals surface area contributed by atoms with E-state index in [-0.39, 0.29) is 0 Å². The standard InChI is InChI=1S/C25H25BN4O2/c1-26(31)30-15-13-19(14-16-30)22-11-12-23-25(27-22)29-24(28-23)20-7-9-21(10-8-20)32-17-18-5-3-2-4-6-18/h2-13,31H,14-17H2,1H3,(H,27,28,29). The van der Waals surface area contributed by atoms with Crippen molar-refractivity contribution in [3.63, 3.8) is 0 Å². The zero-order valence-electron chi connectivity index (χ0n) is 18.0. The molecule has 32 heavy (non-hydrogen) atoms. The van der Waals surface area contributed by atoms with Gasteiger partial charge in [-0.1, -0.05) is 36.4 Å². The maximum absolute atomic E-state index is 9.75. The van der Waals surface area contributed by atoms with Gasteiger partial charge in [-0.05, 0) is 67.3 Å². The van der Waals surface area contributed by atoms with Gasteiger partial charge in [0.05, 0.1) is 5.69 Å². The molecule has 6 nitrogen and oxygen atoms in total. The molecular formula is C25H25BN4O2. The van der Waals surface area contributed by atoms with Crippen LogP contribution in [0.3, 0.4) is 0 Å². The Balaban J connectivity index is 1.31. The molecule has 3 heterocycles. The fraction of sp³-hybridized carbons (Fsp3) is 0.200. The first-order valence-electron chi connectivity index (χ1n) is 10.9. The summed E-state index contributed by atoms with van der Waals surface area (Å²) < 4.78 is 5.88. The summed E-state index contributed by atoms with van der Waals surface area (Å²) >= 11 is 0. The molecule has 0 saturated heterocycles. The second kappa shape index (κ2) is 8.98. The molecule has 1 aliphatic rings. The first-order valence-corrected chi connectivity index (χ1v) is 10.9. The van der Waals surface area contributed by atoms with Gasteiger partial charge in [0, 0.05) is 12.1 Å². The van der Waals surface area contributed by atoms with Crippen molar-refractivity contribution in [2.75, 3.05) is 13.1 Å². The summed E-state index contributed by atoms with van der Waals surface area (Å²) in [7, 11) is -0.423. The molecule has 160 valence electrons. The number of H-pyrrole nitrogens is 1. The normalized spacial score (nSPS) is 14.4. The Morgan fingerprint density at radius 1 is 1.03 bits per heavy atom. The van der Waals surface area contributed by atoms with Crippen molar-refractivity contribution in [1.29, 1.82) is 0 Å². The molecule has 0 spiro atoms. The Hall–Kier alpha value is -3.42. The lowest BCUT2D eigenvalue weighted by molar-refractivity contribution is 0.306. The molecule has 0 fully saturated rings. The fourth-order valence-corrected chi connectivity index (χ4v) is 3.92. The van der Waals surface area contributed by atoms with Gasteiger partial charge in [0.1, 0.15) is 23.7 Å². The predicted molar refractivity (Wildman–Crippen MR) is 128 cm³/mol. The Bertz CT molecular complexity index is 1240. The monoisotopic (exact) mass is 424 g/mol. The molecule has 0 saturated carbocycles. The molecule has 4 aromatic rings. The van der Waals surface area contributed by atoms with E-state index < -0.39 is 7.05 Å². The lowest BCUT2D eigenvalue weighted by Crippen LogP contribution is -2.39. The number of hydrogen-bond acceptors (Lipinski definition) is 5. The third-order valence-electron chi connectivity index (χ3n) is 5.82. The van der Waals surface area contributed by atoms with Crippen LogP contribution in [-0.2, 0) is 6.61 Å². The van der Waals surface area contributed by atoms with E-state index in [0.29, 0.717) is 6.61 Å². The first-order chi connectivity index (χ1) is 15.7. The van der Waals surface area contributed by atoms with Gasteiger partial charge in [0.15, 0.2) is 5.65 Å². The number of nitrogens with zero attached hydrogens (tertiary/aromatic N) is 3. The van der Waals surface area contributed by atoms with E-state index in [9.17, 15) is 5.02 Å². The zero-order chi connectivity index (χ0) is 21.9. The van der Waals surface area contributed by atoms with Crippen LogP contribution in [0.1, 0.15) is 17.7 Å². The molecule has 0 aliphatic carbocycles. The van der Waals surface area contributed by atoms with E-state index in [1.165, 1.54) is 5.57 Å². The van der Waals surface area contributed by atoms with Gasteiger partial charge >= 0.3 is 7.05 Å². The molecule has 2 aromatic carbocycles. The molecule has 0 amide bonds. The molecule has 0 radical (unpaired) electrons. The van der Waals surface area contributed by atoms with Gasteiger partial charge in [-0.15, -0.1) is 0 Å². The summed E-state index contributed by atoms with van der Waals surface area (Å²) in [5, 5.41) is 9.75. The number of ether oxygens (including phenoxy) is 1. The summed E-state index contributed by atoms with van der Waals surface area (Å²) in [6, 6.07) is 22.1. The number of rotatable bonds is 6. The maximum Gasteiger partial charge on any atom is 0.376 e. The number of aromatic amines is 1. The Kier molecular flexibility index (Phi) is 5.75. The molecule has 2 N–H and O–H groups in total. The molecule has 0 unspecified atom stereocenters. The SMILES string of the molecule is CB(O)N1CC=C(c2ccc3nc(-c4ccc(OCc5ccccc5)cc4)[nH]c3n2)CC1. The van der Waals surface area contributed by atoms with Gasteiger partial charge in [-0.25, -0.2) is 9.97 Å². The smallest absolute Gasteiger partial charge is 0.376 e. The second-order valence-electron chi connectivity index (χ2n) is 8.05. The highest BCUT2D eigenvalue weighted by atomic mass is 16.5. The van der Waals surface area contributed by atoms with E-state index >= 15 is 0 Å². The molecule has 0 bridgehead atoms. The lowest BCUT2D eigenvalue weighted by atomic mass is 9.83. The topological polar surface area (TPSA) is 74.3 Å². The third-order valence-corrected chi connectivity index (χ3v) is 5.82. The van der Waals surface area contributed by atoms with Gasteiger partial charge in [-0.2, -0.15) is 0 Å². The third kappa shape index (κ3) is 4.44. The van der Waals surface area contributed by atoms with Crippen LogP contribution in [0.15, 0.2) is 72.8 Å². The van der Waals surface area contributed by atoms with Gasteiger partial charge < -0.3 is 19.6 Å². The number of nitrogens with one attached hydrogen (secondary N) is 1. The minimum Gasteiger partial charge on any atom is -0.489 e. The average molecular weight is 424 g/mol. The van der Waals surface area contributed by atoms with E-state index in [1.807, 2.05) is 59.4 Å². The Morgan fingerprint density at radius 2 is 1.84 bits per heavy atom. The van der Waals surface area contributed by atoms with Crippen molar-refractivity contribution in [3.05, 3.63) is 84.1 Å². The second-order valence-corrected chi connectivity index (χ2v) is 8.05. The van der Waals surface area contributed by atoms with Crippen LogP contribution in [-0.4, -0.2) is 44.9 Å². The van der Waals surface area contributed by atoms with Crippen molar-refractivity contribution in [2.45, 2.75) is 19.9 Å². The predicted octanol–water partition coefficient (Wildman–Crippen LogP) is 4.40. The summed E-state index contributed by atoms with van der Waals surface area (Å²) in [5.74, 6) is 1.61. The average Bonchev–Trinajstić information content (AvgIpc) is 3.27. The van der Waals surface area contributed by atoms with E-state index in [0.717, 1.165) is 59.1 Å². The minimum atomic E-state index is -0.423. The molecular weight excluding hydrogens is 399 g/mol. The van der Waals surface area contributed by atoms with Crippen LogP contribution in [0.4, 0.5) is 0 Å². The van der Waals surface area contributed by atoms with Crippen molar-refractivity contribution in [2.24, 2.45) is 0 Å². The Morgan fingerprint density at radius 3 is 2.56 bits per heavy atom. The summed E-state index contributed by atoms with van der Waals surface area (Å²) in [6.07, 6.45) is 3.02. The van der Waals surface area contributed by atoms with Crippen LogP contribution < -0.4 is 4.74 Å². The number of benzene rings is 2. The van der Waals surface area contributed by atoms with Crippen molar-refractivity contribution < 1.29 is 9.76 Å². The summed E-state index contributed by atoms with van der Waals surface area (Å²) in [6.45, 7) is 3.91. The van der Waals surface area contributed by atoms with Crippen LogP contribution in [0.5, 0.6) is 5.75 Å². The van der Waals surface area contributed by atoms with Crippen molar-refractivity contribution >= 4 is 23.8 Å². The number of aromatic nitrogens is 3. The number of fused-ring (bicyclic) bond motifs is 1. The number of hydrogen-bond donors (Lipinski definition) is 2. The molecule has 7 heteroatoms. The number of imidazole rings is 1. The van der Waals surface area contributed by atoms with E-state index in [2.05, 4.69) is 23.2 Å². The number of pyridine rings is 1. The van der Waals surface area contributed by atoms with Gasteiger partial charge in [0.2, 0.25) is 0 Å². The Labute approximate surface area is 187 Å². The highest BCUT2D eigenvalue weighted by molar-refractivity contribution is 6.45. The summed E-state index contributed by atoms with van der Waals surface area (Å²) in [4.78, 5) is 14.9. The van der Waals surface area contributed by atoms with Crippen LogP contribution in [0.2, 0.25) is 6.82 Å². The molecule has 1 aliphatic heterocycles. The van der Waals surface area contributed by atoms with Crippen LogP contribution in [0, 0.1) is 0 Å². The highest BCUT2D eigenvalue weighted by Gasteiger charge is 2.20. The van der Waals surface area contributed by atoms with Crippen LogP contribution >= 0.6 is 0 Å². The minimum absolute atomic E-state index is 0.423. The quantitative estimate of drug-likeness (QED) is 0.449. The first kappa shape index (κ1) is 20.5. The van der Waals surface area contributed by atoms with Crippen molar-refractivity contribution in [1.82, 2.24) is 19.8 Å². The van der Waals surface area contributed by atoms with Crippen molar-refractivity contribution in [3.8, 4) is 17.1 Å². The molecule has 2 aromatic heterocycles. The van der Waals surface area contributed by atoms with E-state index in [4.69, 9.17) is 14.7 Å². The zero-order valence-corrected chi connectivity index (χ0v) is 18.0. The maximum atomic E-state index is 9.75.